The summed E-state index contributed by atoms with van der Waals surface area (Å²) in [6.07, 6.45) is 10.5. The predicted molar refractivity (Wildman–Crippen MR) is 144 cm³/mol. The summed E-state index contributed by atoms with van der Waals surface area (Å²) in [7, 11) is 0. The van der Waals surface area contributed by atoms with Gasteiger partial charge in [0, 0.05) is 46.7 Å². The van der Waals surface area contributed by atoms with Crippen LogP contribution >= 0.6 is 0 Å². The van der Waals surface area contributed by atoms with Crippen LogP contribution in [0.1, 0.15) is 20.8 Å². The van der Waals surface area contributed by atoms with Gasteiger partial charge in [-0.2, -0.15) is 5.10 Å². The number of rotatable bonds is 4. The first-order valence-electron chi connectivity index (χ1n) is 11.9. The highest BCUT2D eigenvalue weighted by Gasteiger charge is 2.21. The largest absolute Gasteiger partial charge is 0.335 e. The number of carbonyl (C=O) groups is 1. The molecule has 182 valence electrons. The van der Waals surface area contributed by atoms with Gasteiger partial charge in [0.15, 0.2) is 5.82 Å². The fraction of sp³-hybridized carbons (Fsp3) is 0.143. The molecule has 0 saturated heterocycles. The number of nitrogens with zero attached hydrogens (tertiary/aromatic N) is 5. The number of benzene rings is 1. The second kappa shape index (κ2) is 8.63. The Bertz CT molecular complexity index is 1760. The van der Waals surface area contributed by atoms with Crippen molar-refractivity contribution in [3.63, 3.8) is 0 Å². The average Bonchev–Trinajstić information content (AvgIpc) is 3.52. The lowest BCUT2D eigenvalue weighted by Crippen LogP contribution is -2.27. The summed E-state index contributed by atoms with van der Waals surface area (Å²) in [5.41, 5.74) is 7.13. The van der Waals surface area contributed by atoms with Crippen molar-refractivity contribution in [2.45, 2.75) is 20.8 Å². The summed E-state index contributed by atoms with van der Waals surface area (Å²) in [6, 6.07) is 11.8. The van der Waals surface area contributed by atoms with Crippen LogP contribution in [-0.4, -0.2) is 41.0 Å². The van der Waals surface area contributed by atoms with Crippen LogP contribution in [0, 0.1) is 5.41 Å². The Labute approximate surface area is 212 Å². The quantitative estimate of drug-likeness (QED) is 0.296. The van der Waals surface area contributed by atoms with Crippen LogP contribution in [0.25, 0.3) is 55.7 Å². The Hall–Kier alpha value is -4.92. The molecule has 3 N–H and O–H groups in total. The monoisotopic (exact) mass is 488 g/mol. The van der Waals surface area contributed by atoms with Crippen molar-refractivity contribution in [2.75, 3.05) is 5.32 Å². The number of hydrogen-bond donors (Lipinski definition) is 3. The zero-order chi connectivity index (χ0) is 25.6. The van der Waals surface area contributed by atoms with E-state index in [4.69, 9.17) is 4.98 Å². The number of fused-ring (bicyclic) bond motifs is 2. The molecule has 5 heterocycles. The molecule has 9 heteroatoms. The summed E-state index contributed by atoms with van der Waals surface area (Å²) in [4.78, 5) is 33.5. The Morgan fingerprint density at radius 2 is 1.65 bits per heavy atom. The number of pyridine rings is 3. The number of aromatic nitrogens is 7. The van der Waals surface area contributed by atoms with Crippen molar-refractivity contribution in [1.29, 1.82) is 0 Å². The smallest absolute Gasteiger partial charge is 0.229 e. The number of carbonyl (C=O) groups excluding carboxylic acids is 1. The molecule has 6 rings (SSSR count). The minimum Gasteiger partial charge on any atom is -0.335 e. The Kier molecular flexibility index (Phi) is 5.26. The molecular weight excluding hydrogens is 464 g/mol. The molecule has 0 fully saturated rings. The number of aromatic amines is 2. The first kappa shape index (κ1) is 22.5. The maximum Gasteiger partial charge on any atom is 0.229 e. The van der Waals surface area contributed by atoms with Crippen molar-refractivity contribution in [2.24, 2.45) is 5.41 Å². The Balaban J connectivity index is 1.40. The fourth-order valence-electron chi connectivity index (χ4n) is 4.15. The normalized spacial score (nSPS) is 11.8. The Morgan fingerprint density at radius 1 is 0.838 bits per heavy atom. The summed E-state index contributed by atoms with van der Waals surface area (Å²) in [5, 5.41) is 11.5. The third-order valence-corrected chi connectivity index (χ3v) is 6.18. The number of hydrogen-bond acceptors (Lipinski definition) is 6. The summed E-state index contributed by atoms with van der Waals surface area (Å²) >= 11 is 0. The number of anilines is 1. The summed E-state index contributed by atoms with van der Waals surface area (Å²) in [5.74, 6) is 0.579. The molecule has 0 saturated carbocycles. The molecule has 9 nitrogen and oxygen atoms in total. The molecule has 0 radical (unpaired) electrons. The van der Waals surface area contributed by atoms with Crippen molar-refractivity contribution in [3.8, 4) is 33.8 Å². The summed E-state index contributed by atoms with van der Waals surface area (Å²) < 4.78 is 0. The fourth-order valence-corrected chi connectivity index (χ4v) is 4.15. The van der Waals surface area contributed by atoms with E-state index in [1.807, 2.05) is 57.3 Å². The van der Waals surface area contributed by atoms with Gasteiger partial charge in [0.1, 0.15) is 5.69 Å². The second-order valence-electron chi connectivity index (χ2n) is 9.90. The maximum atomic E-state index is 12.4. The van der Waals surface area contributed by atoms with Gasteiger partial charge in [0.2, 0.25) is 5.91 Å². The highest BCUT2D eigenvalue weighted by Crippen LogP contribution is 2.33. The van der Waals surface area contributed by atoms with E-state index in [1.54, 1.807) is 31.0 Å². The minimum atomic E-state index is -0.500. The van der Waals surface area contributed by atoms with Gasteiger partial charge in [-0.15, -0.1) is 0 Å². The van der Waals surface area contributed by atoms with Crippen molar-refractivity contribution < 1.29 is 4.79 Å². The number of imidazole rings is 1. The van der Waals surface area contributed by atoms with E-state index in [0.717, 1.165) is 44.2 Å². The molecule has 37 heavy (non-hydrogen) atoms. The molecular formula is C28H24N8O. The van der Waals surface area contributed by atoms with Crippen LogP contribution in [-0.2, 0) is 4.79 Å². The number of nitrogens with one attached hydrogen (secondary N) is 3. The van der Waals surface area contributed by atoms with E-state index >= 15 is 0 Å². The maximum absolute atomic E-state index is 12.4. The standard InChI is InChI=1S/C28H24N8O/c1-28(2,3)27(37)32-19-10-18(12-30-13-19)17-4-5-22-20(11-17)25(36-35-22)26-33-23-15-31-14-21(24(23)34-26)16-6-8-29-9-7-16/h4-15H,1-3H3,(H,32,37)(H,33,34)(H,35,36). The first-order chi connectivity index (χ1) is 17.9. The third kappa shape index (κ3) is 4.20. The van der Waals surface area contributed by atoms with E-state index in [1.165, 1.54) is 0 Å². The van der Waals surface area contributed by atoms with Crippen LogP contribution in [0.2, 0.25) is 0 Å². The van der Waals surface area contributed by atoms with Crippen molar-refractivity contribution >= 4 is 33.5 Å². The van der Waals surface area contributed by atoms with E-state index < -0.39 is 5.41 Å². The van der Waals surface area contributed by atoms with Crippen molar-refractivity contribution in [1.82, 2.24) is 35.1 Å². The molecule has 0 unspecified atom stereocenters. The second-order valence-corrected chi connectivity index (χ2v) is 9.90. The lowest BCUT2D eigenvalue weighted by Gasteiger charge is -2.17. The van der Waals surface area contributed by atoms with Crippen LogP contribution in [0.4, 0.5) is 5.69 Å². The zero-order valence-electron chi connectivity index (χ0n) is 20.6. The SMILES string of the molecule is CC(C)(C)C(=O)Nc1cncc(-c2ccc3[nH]nc(-c4nc5c(-c6ccncc6)cncc5[nH]4)c3c2)c1. The highest BCUT2D eigenvalue weighted by molar-refractivity contribution is 5.98. The van der Waals surface area contributed by atoms with Gasteiger partial charge < -0.3 is 10.3 Å². The molecule has 0 bridgehead atoms. The lowest BCUT2D eigenvalue weighted by molar-refractivity contribution is -0.123. The van der Waals surface area contributed by atoms with Gasteiger partial charge in [0.25, 0.3) is 0 Å². The van der Waals surface area contributed by atoms with Crippen LogP contribution in [0.5, 0.6) is 0 Å². The first-order valence-corrected chi connectivity index (χ1v) is 11.9. The van der Waals surface area contributed by atoms with Gasteiger partial charge >= 0.3 is 0 Å². The molecule has 0 spiro atoms. The molecule has 6 aromatic rings. The Morgan fingerprint density at radius 3 is 2.46 bits per heavy atom. The topological polar surface area (TPSA) is 125 Å². The van der Waals surface area contributed by atoms with Crippen LogP contribution in [0.15, 0.2) is 73.6 Å². The molecule has 0 aliphatic carbocycles. The van der Waals surface area contributed by atoms with E-state index in [2.05, 4.69) is 41.5 Å². The number of amides is 1. The third-order valence-electron chi connectivity index (χ3n) is 6.18. The van der Waals surface area contributed by atoms with E-state index in [-0.39, 0.29) is 5.91 Å². The molecule has 5 aromatic heterocycles. The predicted octanol–water partition coefficient (Wildman–Crippen LogP) is 5.61. The van der Waals surface area contributed by atoms with E-state index in [0.29, 0.717) is 17.2 Å². The highest BCUT2D eigenvalue weighted by atomic mass is 16.2. The average molecular weight is 489 g/mol. The van der Waals surface area contributed by atoms with Crippen LogP contribution in [0.3, 0.4) is 0 Å². The minimum absolute atomic E-state index is 0.0652. The molecule has 1 amide bonds. The van der Waals surface area contributed by atoms with Gasteiger partial charge in [-0.25, -0.2) is 4.98 Å². The van der Waals surface area contributed by atoms with Gasteiger partial charge in [-0.05, 0) is 41.5 Å². The summed E-state index contributed by atoms with van der Waals surface area (Å²) in [6.45, 7) is 5.63. The molecule has 0 atom stereocenters. The molecule has 0 aliphatic heterocycles. The number of H-pyrrole nitrogens is 2. The molecule has 1 aromatic carbocycles. The van der Waals surface area contributed by atoms with Crippen molar-refractivity contribution in [3.05, 3.63) is 73.6 Å². The molecule has 0 aliphatic rings. The zero-order valence-corrected chi connectivity index (χ0v) is 20.6. The van der Waals surface area contributed by atoms with Gasteiger partial charge in [-0.3, -0.25) is 24.8 Å². The lowest BCUT2D eigenvalue weighted by atomic mass is 9.95. The van der Waals surface area contributed by atoms with Gasteiger partial charge in [-0.1, -0.05) is 26.8 Å². The van der Waals surface area contributed by atoms with Crippen LogP contribution < -0.4 is 5.32 Å². The van der Waals surface area contributed by atoms with Gasteiger partial charge in [0.05, 0.1) is 34.6 Å². The van der Waals surface area contributed by atoms with E-state index in [9.17, 15) is 4.79 Å².